The maximum atomic E-state index is 14.4. The Labute approximate surface area is 135 Å². The number of carbonyl (C=O) groups is 1. The summed E-state index contributed by atoms with van der Waals surface area (Å²) in [4.78, 5) is 14.0. The van der Waals surface area contributed by atoms with E-state index in [-0.39, 0.29) is 24.4 Å². The fourth-order valence-electron chi connectivity index (χ4n) is 2.96. The van der Waals surface area contributed by atoms with Crippen molar-refractivity contribution in [2.45, 2.75) is 33.1 Å². The summed E-state index contributed by atoms with van der Waals surface area (Å²) in [6.45, 7) is 4.74. The normalized spacial score (nSPS) is 17.2. The fourth-order valence-corrected chi connectivity index (χ4v) is 2.96. The summed E-state index contributed by atoms with van der Waals surface area (Å²) in [6.07, 6.45) is 2.06. The molecule has 1 saturated heterocycles. The highest BCUT2D eigenvalue weighted by atomic mass is 19.1. The highest BCUT2D eigenvalue weighted by Crippen LogP contribution is 2.35. The minimum Gasteiger partial charge on any atom is -0.491 e. The second-order valence-electron chi connectivity index (χ2n) is 5.97. The average molecular weight is 327 g/mol. The lowest BCUT2D eigenvalue weighted by Gasteiger charge is -2.40. The maximum Gasteiger partial charge on any atom is 0.259 e. The van der Waals surface area contributed by atoms with Gasteiger partial charge in [0.25, 0.3) is 5.91 Å². The van der Waals surface area contributed by atoms with Gasteiger partial charge in [-0.2, -0.15) is 0 Å². The van der Waals surface area contributed by atoms with Crippen molar-refractivity contribution in [2.24, 2.45) is 5.41 Å². The number of carbonyl (C=O) groups excluding carboxylic acids is 1. The van der Waals surface area contributed by atoms with E-state index in [4.69, 9.17) is 4.74 Å². The molecule has 0 atom stereocenters. The quantitative estimate of drug-likeness (QED) is 0.904. The Hall–Kier alpha value is -1.69. The first-order valence-corrected chi connectivity index (χ1v) is 7.99. The van der Waals surface area contributed by atoms with Crippen LogP contribution in [0.2, 0.25) is 0 Å². The van der Waals surface area contributed by atoms with Crippen LogP contribution in [0.1, 0.15) is 43.5 Å². The van der Waals surface area contributed by atoms with Crippen LogP contribution in [-0.4, -0.2) is 42.2 Å². The number of hydrogen-bond acceptors (Lipinski definition) is 3. The minimum atomic E-state index is -0.952. The summed E-state index contributed by atoms with van der Waals surface area (Å²) in [6, 6.07) is 2.24. The molecule has 0 aromatic heterocycles. The van der Waals surface area contributed by atoms with Gasteiger partial charge in [0.2, 0.25) is 0 Å². The predicted octanol–water partition coefficient (Wildman–Crippen LogP) is 2.99. The first-order chi connectivity index (χ1) is 11.0. The Bertz CT molecular complexity index is 563. The van der Waals surface area contributed by atoms with Crippen molar-refractivity contribution in [3.05, 3.63) is 29.3 Å². The summed E-state index contributed by atoms with van der Waals surface area (Å²) in [5.74, 6) is -2.62. The van der Waals surface area contributed by atoms with E-state index in [0.29, 0.717) is 25.9 Å². The number of benzene rings is 1. The number of halogens is 2. The molecule has 0 spiro atoms. The highest BCUT2D eigenvalue weighted by Gasteiger charge is 2.35. The second kappa shape index (κ2) is 7.25. The van der Waals surface area contributed by atoms with E-state index in [1.165, 1.54) is 11.0 Å². The molecule has 1 N–H and O–H groups in total. The van der Waals surface area contributed by atoms with Gasteiger partial charge in [-0.25, -0.2) is 8.78 Å². The van der Waals surface area contributed by atoms with E-state index in [1.54, 1.807) is 6.92 Å². The van der Waals surface area contributed by atoms with Crippen LogP contribution < -0.4 is 4.74 Å². The largest absolute Gasteiger partial charge is 0.491 e. The third kappa shape index (κ3) is 3.47. The van der Waals surface area contributed by atoms with Gasteiger partial charge in [-0.3, -0.25) is 4.79 Å². The van der Waals surface area contributed by atoms with Gasteiger partial charge in [0.05, 0.1) is 6.61 Å². The zero-order valence-electron chi connectivity index (χ0n) is 13.6. The Balaban J connectivity index is 2.20. The van der Waals surface area contributed by atoms with Crippen LogP contribution in [-0.2, 0) is 0 Å². The molecule has 4 nitrogen and oxygen atoms in total. The monoisotopic (exact) mass is 327 g/mol. The molecule has 0 saturated carbocycles. The van der Waals surface area contributed by atoms with Crippen LogP contribution in [0, 0.1) is 17.0 Å². The summed E-state index contributed by atoms with van der Waals surface area (Å²) < 4.78 is 33.4. The molecule has 1 aromatic carbocycles. The van der Waals surface area contributed by atoms with Crippen LogP contribution in [0.25, 0.3) is 0 Å². The first-order valence-electron chi connectivity index (χ1n) is 7.99. The third-order valence-corrected chi connectivity index (χ3v) is 4.77. The molecule has 1 aliphatic heterocycles. The minimum absolute atomic E-state index is 0.0636. The van der Waals surface area contributed by atoms with Crippen molar-refractivity contribution < 1.29 is 23.4 Å². The smallest absolute Gasteiger partial charge is 0.259 e. The molecular formula is C17H23F2NO3. The molecule has 1 aliphatic rings. The lowest BCUT2D eigenvalue weighted by molar-refractivity contribution is 0.0332. The lowest BCUT2D eigenvalue weighted by atomic mass is 9.77. The van der Waals surface area contributed by atoms with Gasteiger partial charge in [0, 0.05) is 19.7 Å². The van der Waals surface area contributed by atoms with Gasteiger partial charge in [0.15, 0.2) is 11.6 Å². The van der Waals surface area contributed by atoms with E-state index < -0.39 is 23.1 Å². The molecule has 1 heterocycles. The number of nitrogens with zero attached hydrogens (tertiary/aromatic N) is 1. The summed E-state index contributed by atoms with van der Waals surface area (Å²) in [7, 11) is 0. The van der Waals surface area contributed by atoms with Crippen LogP contribution in [0.4, 0.5) is 8.78 Å². The van der Waals surface area contributed by atoms with E-state index in [2.05, 4.69) is 0 Å². The molecule has 6 heteroatoms. The average Bonchev–Trinajstić information content (AvgIpc) is 2.57. The molecule has 0 bridgehead atoms. The second-order valence-corrected chi connectivity index (χ2v) is 5.97. The van der Waals surface area contributed by atoms with Crippen LogP contribution in [0.5, 0.6) is 5.75 Å². The first kappa shape index (κ1) is 17.7. The Morgan fingerprint density at radius 2 is 1.96 bits per heavy atom. The van der Waals surface area contributed by atoms with Crippen molar-refractivity contribution in [3.8, 4) is 5.75 Å². The van der Waals surface area contributed by atoms with Crippen LogP contribution in [0.15, 0.2) is 12.1 Å². The molecule has 1 amide bonds. The number of rotatable bonds is 5. The van der Waals surface area contributed by atoms with Crippen molar-refractivity contribution in [3.63, 3.8) is 0 Å². The number of aliphatic hydroxyl groups is 1. The van der Waals surface area contributed by atoms with Crippen LogP contribution in [0.3, 0.4) is 0 Å². The molecule has 0 radical (unpaired) electrons. The van der Waals surface area contributed by atoms with Crippen molar-refractivity contribution in [1.29, 1.82) is 0 Å². The molecule has 23 heavy (non-hydrogen) atoms. The Morgan fingerprint density at radius 3 is 2.48 bits per heavy atom. The van der Waals surface area contributed by atoms with Gasteiger partial charge in [-0.1, -0.05) is 6.92 Å². The summed E-state index contributed by atoms with van der Waals surface area (Å²) in [5, 5.41) is 9.53. The van der Waals surface area contributed by atoms with Gasteiger partial charge >= 0.3 is 0 Å². The standard InChI is InChI=1S/C17H23F2NO3/c1-3-17(11-21)7-9-20(10-8-17)16(22)14-12(18)5-6-13(15(14)19)23-4-2/h5-6,21H,3-4,7-11H2,1-2H3. The van der Waals surface area contributed by atoms with Gasteiger partial charge in [0.1, 0.15) is 11.4 Å². The molecule has 2 rings (SSSR count). The van der Waals surface area contributed by atoms with Crippen LogP contribution >= 0.6 is 0 Å². The maximum absolute atomic E-state index is 14.4. The van der Waals surface area contributed by atoms with Crippen molar-refractivity contribution in [2.75, 3.05) is 26.3 Å². The zero-order chi connectivity index (χ0) is 17.0. The lowest BCUT2D eigenvalue weighted by Crippen LogP contribution is -2.44. The number of amides is 1. The Kier molecular flexibility index (Phi) is 5.57. The molecule has 0 aliphatic carbocycles. The van der Waals surface area contributed by atoms with E-state index >= 15 is 0 Å². The van der Waals surface area contributed by atoms with Gasteiger partial charge in [-0.05, 0) is 43.7 Å². The number of ether oxygens (including phenoxy) is 1. The van der Waals surface area contributed by atoms with E-state index in [1.807, 2.05) is 6.92 Å². The highest BCUT2D eigenvalue weighted by molar-refractivity contribution is 5.95. The molecule has 1 fully saturated rings. The van der Waals surface area contributed by atoms with Crippen molar-refractivity contribution >= 4 is 5.91 Å². The predicted molar refractivity (Wildman–Crippen MR) is 82.5 cm³/mol. The summed E-state index contributed by atoms with van der Waals surface area (Å²) in [5.41, 5.74) is -0.759. The van der Waals surface area contributed by atoms with Gasteiger partial charge < -0.3 is 14.7 Å². The molecule has 0 unspecified atom stereocenters. The molecule has 128 valence electrons. The number of aliphatic hydroxyl groups excluding tert-OH is 1. The van der Waals surface area contributed by atoms with Crippen molar-refractivity contribution in [1.82, 2.24) is 4.90 Å². The van der Waals surface area contributed by atoms with E-state index in [0.717, 1.165) is 12.5 Å². The zero-order valence-corrected chi connectivity index (χ0v) is 13.6. The number of likely N-dealkylation sites (tertiary alicyclic amines) is 1. The van der Waals surface area contributed by atoms with E-state index in [9.17, 15) is 18.7 Å². The SMILES string of the molecule is CCOc1ccc(F)c(C(=O)N2CCC(CC)(CO)CC2)c1F. The number of piperidine rings is 1. The fraction of sp³-hybridized carbons (Fsp3) is 0.588. The molecule has 1 aromatic rings. The summed E-state index contributed by atoms with van der Waals surface area (Å²) >= 11 is 0. The Morgan fingerprint density at radius 1 is 1.30 bits per heavy atom. The van der Waals surface area contributed by atoms with Gasteiger partial charge in [-0.15, -0.1) is 0 Å². The third-order valence-electron chi connectivity index (χ3n) is 4.77. The number of hydrogen-bond donors (Lipinski definition) is 1. The molecular weight excluding hydrogens is 304 g/mol. The topological polar surface area (TPSA) is 49.8 Å².